The zero-order chi connectivity index (χ0) is 53.1. The second-order valence-corrected chi connectivity index (χ2v) is 20.7. The minimum Gasteiger partial charge on any atom is -0.466 e. The van der Waals surface area contributed by atoms with Gasteiger partial charge in [-0.1, -0.05) is 216 Å². The van der Waals surface area contributed by atoms with Crippen molar-refractivity contribution >= 4 is 11.9 Å². The number of ether oxygens (including phenoxy) is 3. The minimum absolute atomic E-state index is 0.0443. The van der Waals surface area contributed by atoms with Crippen molar-refractivity contribution in [3.63, 3.8) is 0 Å². The highest BCUT2D eigenvalue weighted by atomic mass is 16.7. The van der Waals surface area contributed by atoms with Gasteiger partial charge >= 0.3 is 5.97 Å². The van der Waals surface area contributed by atoms with Gasteiger partial charge in [-0.25, -0.2) is 0 Å². The Morgan fingerprint density at radius 1 is 0.521 bits per heavy atom. The second kappa shape index (κ2) is 51.5. The molecule has 0 aromatic carbocycles. The molecule has 1 aliphatic heterocycles. The van der Waals surface area contributed by atoms with Crippen LogP contribution in [-0.4, -0.2) is 100 Å². The predicted molar refractivity (Wildman–Crippen MR) is 301 cm³/mol. The summed E-state index contributed by atoms with van der Waals surface area (Å²) in [5, 5.41) is 54.4. The monoisotopic (exact) mass is 1030 g/mol. The van der Waals surface area contributed by atoms with E-state index in [2.05, 4.69) is 67.8 Å². The molecular weight excluding hydrogens is 919 g/mol. The molecule has 73 heavy (non-hydrogen) atoms. The lowest BCUT2D eigenvalue weighted by molar-refractivity contribution is -0.302. The average molecular weight is 1030 g/mol. The van der Waals surface area contributed by atoms with E-state index in [1.807, 2.05) is 6.08 Å². The number of hydrogen-bond acceptors (Lipinski definition) is 10. The summed E-state index contributed by atoms with van der Waals surface area (Å²) < 4.78 is 16.7. The van der Waals surface area contributed by atoms with E-state index in [0.29, 0.717) is 19.4 Å². The molecule has 0 radical (unpaired) electrons. The number of unbranched alkanes of at least 4 members (excludes halogenated alkanes) is 30. The van der Waals surface area contributed by atoms with Gasteiger partial charge in [-0.2, -0.15) is 0 Å². The first-order chi connectivity index (χ1) is 35.7. The summed E-state index contributed by atoms with van der Waals surface area (Å²) in [5.41, 5.74) is 0. The molecule has 7 unspecified atom stereocenters. The van der Waals surface area contributed by atoms with Crippen LogP contribution in [0.5, 0.6) is 0 Å². The van der Waals surface area contributed by atoms with Crippen LogP contribution in [0, 0.1) is 0 Å². The zero-order valence-electron chi connectivity index (χ0n) is 46.6. The molecule has 1 heterocycles. The molecule has 0 aromatic rings. The molecule has 424 valence electrons. The number of allylic oxidation sites excluding steroid dienone is 9. The van der Waals surface area contributed by atoms with E-state index >= 15 is 0 Å². The summed E-state index contributed by atoms with van der Waals surface area (Å²) in [4.78, 5) is 25.1. The fourth-order valence-corrected chi connectivity index (χ4v) is 9.05. The van der Waals surface area contributed by atoms with Crippen molar-refractivity contribution in [2.24, 2.45) is 0 Å². The Bertz CT molecular complexity index is 1400. The Morgan fingerprint density at radius 3 is 1.52 bits per heavy atom. The van der Waals surface area contributed by atoms with Gasteiger partial charge in [0.2, 0.25) is 5.91 Å². The maximum absolute atomic E-state index is 13.0. The lowest BCUT2D eigenvalue weighted by Gasteiger charge is -2.40. The molecule has 1 rings (SSSR count). The van der Waals surface area contributed by atoms with Crippen LogP contribution in [0.25, 0.3) is 0 Å². The van der Waals surface area contributed by atoms with Gasteiger partial charge in [0.1, 0.15) is 24.4 Å². The van der Waals surface area contributed by atoms with Crippen LogP contribution in [0.1, 0.15) is 258 Å². The summed E-state index contributed by atoms with van der Waals surface area (Å²) in [7, 11) is 0. The smallest absolute Gasteiger partial charge is 0.305 e. The van der Waals surface area contributed by atoms with E-state index < -0.39 is 49.5 Å². The quantitative estimate of drug-likeness (QED) is 0.0149. The lowest BCUT2D eigenvalue weighted by atomic mass is 9.99. The summed E-state index contributed by atoms with van der Waals surface area (Å²) in [6, 6.07) is -0.819. The van der Waals surface area contributed by atoms with Crippen LogP contribution < -0.4 is 5.32 Å². The number of esters is 1. The lowest BCUT2D eigenvalue weighted by Crippen LogP contribution is -2.60. The molecule has 11 heteroatoms. The third-order valence-electron chi connectivity index (χ3n) is 13.9. The van der Waals surface area contributed by atoms with Crippen LogP contribution in [0.15, 0.2) is 60.8 Å². The van der Waals surface area contributed by atoms with Crippen LogP contribution in [0.2, 0.25) is 0 Å². The SMILES string of the molecule is CCC/C=C\C/C=C\CCCCCCCC(=O)OCCCCC/C=C\C=C/CCCCCCCCCCCCC(=O)NC(COC1OC(CO)C(O)C(O)C1O)C(O)/C=C/CCCCCCCCCCCCC. The molecule has 1 saturated heterocycles. The Balaban J connectivity index is 2.12. The van der Waals surface area contributed by atoms with Crippen molar-refractivity contribution < 1.29 is 49.3 Å². The van der Waals surface area contributed by atoms with Gasteiger partial charge in [0.05, 0.1) is 32.0 Å². The van der Waals surface area contributed by atoms with Crippen LogP contribution in [-0.2, 0) is 23.8 Å². The van der Waals surface area contributed by atoms with Crippen LogP contribution in [0.3, 0.4) is 0 Å². The van der Waals surface area contributed by atoms with E-state index in [1.165, 1.54) is 128 Å². The highest BCUT2D eigenvalue weighted by Crippen LogP contribution is 2.23. The Labute approximate surface area is 446 Å². The molecule has 1 amide bonds. The number of rotatable bonds is 51. The minimum atomic E-state index is -1.58. The van der Waals surface area contributed by atoms with E-state index in [0.717, 1.165) is 103 Å². The molecule has 11 nitrogen and oxygen atoms in total. The number of hydrogen-bond donors (Lipinski definition) is 6. The van der Waals surface area contributed by atoms with Gasteiger partial charge < -0.3 is 45.1 Å². The predicted octanol–water partition coefficient (Wildman–Crippen LogP) is 13.8. The van der Waals surface area contributed by atoms with E-state index in [-0.39, 0.29) is 18.5 Å². The van der Waals surface area contributed by atoms with Gasteiger partial charge in [-0.3, -0.25) is 9.59 Å². The van der Waals surface area contributed by atoms with Crippen molar-refractivity contribution in [3.05, 3.63) is 60.8 Å². The van der Waals surface area contributed by atoms with Crippen molar-refractivity contribution in [1.29, 1.82) is 0 Å². The molecule has 0 spiro atoms. The molecule has 7 atom stereocenters. The average Bonchev–Trinajstić information content (AvgIpc) is 3.39. The summed E-state index contributed by atoms with van der Waals surface area (Å²) >= 11 is 0. The third kappa shape index (κ3) is 41.2. The molecule has 0 saturated carbocycles. The van der Waals surface area contributed by atoms with E-state index in [9.17, 15) is 35.1 Å². The van der Waals surface area contributed by atoms with Gasteiger partial charge in [0.25, 0.3) is 0 Å². The number of nitrogens with one attached hydrogen (secondary N) is 1. The molecule has 0 aliphatic carbocycles. The maximum atomic E-state index is 13.0. The third-order valence-corrected chi connectivity index (χ3v) is 13.9. The van der Waals surface area contributed by atoms with Crippen molar-refractivity contribution in [1.82, 2.24) is 5.32 Å². The number of aliphatic hydroxyl groups is 5. The molecule has 0 aromatic heterocycles. The number of aliphatic hydroxyl groups excluding tert-OH is 5. The van der Waals surface area contributed by atoms with Gasteiger partial charge in [0.15, 0.2) is 6.29 Å². The largest absolute Gasteiger partial charge is 0.466 e. The second-order valence-electron chi connectivity index (χ2n) is 20.7. The van der Waals surface area contributed by atoms with Gasteiger partial charge in [-0.15, -0.1) is 0 Å². The summed E-state index contributed by atoms with van der Waals surface area (Å²) in [6.07, 6.45) is 55.9. The fraction of sp³-hybridized carbons (Fsp3) is 0.806. The molecule has 1 fully saturated rings. The van der Waals surface area contributed by atoms with Crippen molar-refractivity contribution in [2.75, 3.05) is 19.8 Å². The van der Waals surface area contributed by atoms with E-state index in [1.54, 1.807) is 6.08 Å². The first-order valence-corrected chi connectivity index (χ1v) is 30.1. The van der Waals surface area contributed by atoms with Gasteiger partial charge in [0, 0.05) is 12.8 Å². The van der Waals surface area contributed by atoms with Crippen LogP contribution in [0.4, 0.5) is 0 Å². The van der Waals surface area contributed by atoms with Crippen molar-refractivity contribution in [3.8, 4) is 0 Å². The zero-order valence-corrected chi connectivity index (χ0v) is 46.6. The Morgan fingerprint density at radius 2 is 0.986 bits per heavy atom. The maximum Gasteiger partial charge on any atom is 0.305 e. The summed E-state index contributed by atoms with van der Waals surface area (Å²) in [6.45, 7) is 4.22. The Hall–Kier alpha value is -2.64. The number of carbonyl (C=O) groups is 2. The highest BCUT2D eigenvalue weighted by molar-refractivity contribution is 5.76. The molecule has 0 bridgehead atoms. The van der Waals surface area contributed by atoms with Crippen molar-refractivity contribution in [2.45, 2.75) is 301 Å². The highest BCUT2D eigenvalue weighted by Gasteiger charge is 2.44. The Kier molecular flexibility index (Phi) is 48.2. The molecule has 6 N–H and O–H groups in total. The summed E-state index contributed by atoms with van der Waals surface area (Å²) in [5.74, 6) is -0.237. The number of carbonyl (C=O) groups excluding carboxylic acids is 2. The number of amides is 1. The van der Waals surface area contributed by atoms with E-state index in [4.69, 9.17) is 14.2 Å². The first-order valence-electron chi connectivity index (χ1n) is 30.1. The van der Waals surface area contributed by atoms with Gasteiger partial charge in [-0.05, 0) is 89.9 Å². The normalized spacial score (nSPS) is 19.4. The standard InChI is InChI=1S/C62H111NO10/c1-3-5-7-9-11-13-15-24-28-32-36-40-44-48-55(65)54(53-72-62-61(70)60(69)59(68)56(52-64)73-62)63-57(66)49-45-41-37-33-29-26-22-20-18-17-19-21-23-27-31-35-39-43-47-51-71-58(67)50-46-42-38-34-30-25-16-14-12-10-8-6-4-2/h8,10,14,16,21,23,27,31,44,48,54-56,59-62,64-65,68-70H,3-7,9,11-13,15,17-20,22,24-26,28-30,32-43,45-47,49-53H2,1-2H3,(H,63,66)/b10-8-,16-14-,23-21-,31-27-,48-44+. The molecule has 1 aliphatic rings. The molecular formula is C62H111NO10. The first kappa shape index (κ1) is 68.4. The fourth-order valence-electron chi connectivity index (χ4n) is 9.05. The topological polar surface area (TPSA) is 175 Å². The van der Waals surface area contributed by atoms with Crippen LogP contribution >= 0.6 is 0 Å².